The maximum Gasteiger partial charge on any atom is 0.326 e. The highest BCUT2D eigenvalue weighted by Gasteiger charge is 2.43. The molecule has 2 aromatic rings. The number of amides is 6. The molecule has 0 aliphatic carbocycles. The van der Waals surface area contributed by atoms with E-state index < -0.39 is 66.0 Å². The fraction of sp³-hybridized carbons (Fsp3) is 0.647. The molecule has 3 aliphatic heterocycles. The summed E-state index contributed by atoms with van der Waals surface area (Å²) >= 11 is 0. The number of nitrogens with zero attached hydrogens (tertiary/aromatic N) is 10. The van der Waals surface area contributed by atoms with Gasteiger partial charge in [0.15, 0.2) is 5.96 Å². The quantitative estimate of drug-likeness (QED) is 0.0874. The number of rotatable bonds is 24. The number of benzene rings is 1. The zero-order valence-electron chi connectivity index (χ0n) is 43.8. The lowest BCUT2D eigenvalue weighted by molar-refractivity contribution is -0.147. The van der Waals surface area contributed by atoms with Crippen molar-refractivity contribution in [1.29, 1.82) is 0 Å². The summed E-state index contributed by atoms with van der Waals surface area (Å²) in [6.45, 7) is 12.6. The number of nitrogens with one attached hydrogen (secondary N) is 1. The number of hydrogen-bond acceptors (Lipinski definition) is 12. The van der Waals surface area contributed by atoms with E-state index in [-0.39, 0.29) is 48.9 Å². The van der Waals surface area contributed by atoms with Crippen LogP contribution in [0.2, 0.25) is 0 Å². The molecule has 3 aliphatic rings. The molecule has 1 aromatic carbocycles. The van der Waals surface area contributed by atoms with Crippen molar-refractivity contribution in [1.82, 2.24) is 49.7 Å². The predicted octanol–water partition coefficient (Wildman–Crippen LogP) is 2.30. The first kappa shape index (κ1) is 56.7. The van der Waals surface area contributed by atoms with E-state index in [0.717, 1.165) is 10.5 Å². The second kappa shape index (κ2) is 26.5. The normalized spacial score (nSPS) is 19.3. The van der Waals surface area contributed by atoms with Gasteiger partial charge in [0.25, 0.3) is 11.8 Å². The molecule has 4 heterocycles. The second-order valence-corrected chi connectivity index (χ2v) is 19.7. The Labute approximate surface area is 423 Å². The second-order valence-electron chi connectivity index (χ2n) is 19.7. The number of likely N-dealkylation sites (tertiary alicyclic amines) is 1. The van der Waals surface area contributed by atoms with Crippen LogP contribution in [-0.4, -0.2) is 201 Å². The molecule has 5 rings (SSSR count). The SMILES string of the molecule is CC[C@H](C)[C@@H]([C@@H](CC(=O)N1CCCC1[C@H](OC)[C@@H](C)C(=O)NC(Cc1ccccc1)C(=O)O)OC)N(C)C(=O)C(N=C(N(C)C)N1CCN(C(=O)CCCn2cc(CN3C(=O)C=CC3=O)nn2)CC1)C(C)C. The summed E-state index contributed by atoms with van der Waals surface area (Å²) in [6, 6.07) is 6.22. The number of piperazine rings is 1. The smallest absolute Gasteiger partial charge is 0.326 e. The summed E-state index contributed by atoms with van der Waals surface area (Å²) in [5, 5.41) is 20.8. The molecule has 1 aromatic heterocycles. The topological polar surface area (TPSA) is 233 Å². The van der Waals surface area contributed by atoms with Crippen LogP contribution in [0, 0.1) is 17.8 Å². The van der Waals surface area contributed by atoms with Crippen molar-refractivity contribution in [2.24, 2.45) is 22.7 Å². The maximum absolute atomic E-state index is 14.8. The van der Waals surface area contributed by atoms with Crippen molar-refractivity contribution in [2.75, 3.05) is 68.1 Å². The van der Waals surface area contributed by atoms with Gasteiger partial charge >= 0.3 is 5.97 Å². The summed E-state index contributed by atoms with van der Waals surface area (Å²) in [7, 11) is 8.57. The van der Waals surface area contributed by atoms with Crippen LogP contribution in [0.5, 0.6) is 0 Å². The largest absolute Gasteiger partial charge is 0.480 e. The van der Waals surface area contributed by atoms with Crippen molar-refractivity contribution in [3.8, 4) is 0 Å². The first-order chi connectivity index (χ1) is 34.3. The maximum atomic E-state index is 14.8. The molecule has 2 N–H and O–H groups in total. The van der Waals surface area contributed by atoms with Gasteiger partial charge in [0, 0.05) is 99.6 Å². The Hall–Kier alpha value is -6.22. The first-order valence-electron chi connectivity index (χ1n) is 25.2. The average molecular weight is 1000 g/mol. The molecule has 396 valence electrons. The number of likely N-dealkylation sites (N-methyl/N-ethyl adjacent to an activating group) is 1. The van der Waals surface area contributed by atoms with Crippen molar-refractivity contribution in [2.45, 2.75) is 129 Å². The standard InChI is InChI=1S/C51H77N11O10/c1-11-34(4)46(40(71-9)30-44(66)61-24-15-19-39(61)47(72-10)35(5)48(67)52-38(50(69)70)29-36-17-13-12-14-18-36)57(8)49(68)45(33(2)3)53-51(56(6)7)59-27-25-58(26-28-59)41(63)20-16-23-60-31-37(54-55-60)32-62-42(64)21-22-43(62)65/h12-14,17-18,21-22,31,33-35,38-40,45-47H,11,15-16,19-20,23-30,32H2,1-10H3,(H,52,67)(H,69,70)/t34-,35+,38?,39?,40+,45?,46-,47+/m0/s1. The minimum absolute atomic E-state index is 0.0124. The van der Waals surface area contributed by atoms with Crippen LogP contribution >= 0.6 is 0 Å². The molecule has 21 heteroatoms. The van der Waals surface area contributed by atoms with Crippen molar-refractivity contribution >= 4 is 47.4 Å². The number of aryl methyl sites for hydroxylation is 1. The first-order valence-corrected chi connectivity index (χ1v) is 25.2. The number of hydrogen-bond donors (Lipinski definition) is 2. The van der Waals surface area contributed by atoms with E-state index in [1.54, 1.807) is 41.8 Å². The Kier molecular flexibility index (Phi) is 20.8. The molecule has 0 radical (unpaired) electrons. The van der Waals surface area contributed by atoms with Gasteiger partial charge in [-0.15, -0.1) is 5.10 Å². The highest BCUT2D eigenvalue weighted by Crippen LogP contribution is 2.30. The number of carbonyl (C=O) groups is 7. The Bertz CT molecular complexity index is 2230. The van der Waals surface area contributed by atoms with Crippen LogP contribution in [0.3, 0.4) is 0 Å². The van der Waals surface area contributed by atoms with Gasteiger partial charge in [-0.2, -0.15) is 0 Å². The van der Waals surface area contributed by atoms with Crippen LogP contribution in [0.25, 0.3) is 0 Å². The van der Waals surface area contributed by atoms with E-state index in [9.17, 15) is 38.7 Å². The number of aromatic nitrogens is 3. The number of ether oxygens (including phenoxy) is 2. The molecule has 2 saturated heterocycles. The third kappa shape index (κ3) is 14.5. The number of carbonyl (C=O) groups excluding carboxylic acids is 6. The van der Waals surface area contributed by atoms with Crippen LogP contribution in [0.15, 0.2) is 53.7 Å². The zero-order valence-corrected chi connectivity index (χ0v) is 43.8. The van der Waals surface area contributed by atoms with E-state index in [1.807, 2.05) is 81.9 Å². The number of carboxylic acid groups (broad SMARTS) is 1. The number of methoxy groups -OCH3 is 2. The summed E-state index contributed by atoms with van der Waals surface area (Å²) in [5.74, 6) is -3.22. The van der Waals surface area contributed by atoms with Gasteiger partial charge in [-0.3, -0.25) is 38.3 Å². The van der Waals surface area contributed by atoms with Crippen LogP contribution in [-0.2, 0) is 62.5 Å². The van der Waals surface area contributed by atoms with Gasteiger partial charge in [-0.05, 0) is 36.7 Å². The summed E-state index contributed by atoms with van der Waals surface area (Å²) in [4.78, 5) is 108. The number of guanidine groups is 1. The van der Waals surface area contributed by atoms with E-state index in [0.29, 0.717) is 83.0 Å². The molecule has 3 unspecified atom stereocenters. The third-order valence-corrected chi connectivity index (χ3v) is 14.2. The number of imide groups is 1. The number of carboxylic acids is 1. The summed E-state index contributed by atoms with van der Waals surface area (Å²) < 4.78 is 13.6. The molecule has 0 saturated carbocycles. The van der Waals surface area contributed by atoms with E-state index in [1.165, 1.54) is 19.3 Å². The van der Waals surface area contributed by atoms with Gasteiger partial charge in [0.1, 0.15) is 17.8 Å². The molecule has 21 nitrogen and oxygen atoms in total. The number of aliphatic imine (C=N–C) groups is 1. The fourth-order valence-corrected chi connectivity index (χ4v) is 9.94. The Morgan fingerprint density at radius 1 is 0.903 bits per heavy atom. The molecular formula is C51H77N11O10. The molecule has 0 spiro atoms. The Morgan fingerprint density at radius 2 is 1.56 bits per heavy atom. The lowest BCUT2D eigenvalue weighted by Crippen LogP contribution is -2.56. The molecule has 2 fully saturated rings. The van der Waals surface area contributed by atoms with Crippen molar-refractivity contribution in [3.63, 3.8) is 0 Å². The van der Waals surface area contributed by atoms with Gasteiger partial charge in [0.2, 0.25) is 23.6 Å². The van der Waals surface area contributed by atoms with Crippen LogP contribution < -0.4 is 5.32 Å². The highest BCUT2D eigenvalue weighted by atomic mass is 16.5. The molecule has 6 amide bonds. The highest BCUT2D eigenvalue weighted by molar-refractivity contribution is 6.12. The van der Waals surface area contributed by atoms with E-state index >= 15 is 0 Å². The Balaban J connectivity index is 1.20. The minimum atomic E-state index is -1.15. The number of aliphatic carboxylic acids is 1. The van der Waals surface area contributed by atoms with Crippen molar-refractivity contribution < 1.29 is 48.1 Å². The Morgan fingerprint density at radius 3 is 2.14 bits per heavy atom. The lowest BCUT2D eigenvalue weighted by atomic mass is 9.89. The van der Waals surface area contributed by atoms with Gasteiger partial charge in [0.05, 0.1) is 49.4 Å². The van der Waals surface area contributed by atoms with Crippen LogP contribution in [0.4, 0.5) is 0 Å². The van der Waals surface area contributed by atoms with Crippen LogP contribution in [0.1, 0.15) is 84.4 Å². The molecule has 8 atom stereocenters. The summed E-state index contributed by atoms with van der Waals surface area (Å²) in [5.41, 5.74) is 1.25. The molecule has 72 heavy (non-hydrogen) atoms. The van der Waals surface area contributed by atoms with Gasteiger partial charge in [-0.25, -0.2) is 9.79 Å². The van der Waals surface area contributed by atoms with Gasteiger partial charge < -0.3 is 44.4 Å². The minimum Gasteiger partial charge on any atom is -0.480 e. The fourth-order valence-electron chi connectivity index (χ4n) is 9.94. The average Bonchev–Trinajstić information content (AvgIpc) is 4.11. The predicted molar refractivity (Wildman–Crippen MR) is 268 cm³/mol. The lowest BCUT2D eigenvalue weighted by Gasteiger charge is -2.41. The van der Waals surface area contributed by atoms with E-state index in [2.05, 4.69) is 20.5 Å². The molecular weight excluding hydrogens is 927 g/mol. The monoisotopic (exact) mass is 1000 g/mol. The third-order valence-electron chi connectivity index (χ3n) is 14.2. The van der Waals surface area contributed by atoms with Gasteiger partial charge in [-0.1, -0.05) is 76.6 Å². The zero-order chi connectivity index (χ0) is 52.8. The van der Waals surface area contributed by atoms with Crippen molar-refractivity contribution in [3.05, 3.63) is 59.9 Å². The van der Waals surface area contributed by atoms with E-state index in [4.69, 9.17) is 14.5 Å². The molecule has 0 bridgehead atoms. The summed E-state index contributed by atoms with van der Waals surface area (Å²) in [6.07, 6.45) is 5.63.